The number of hydrogen-bond acceptors (Lipinski definition) is 7. The smallest absolute Gasteiger partial charge is 0.306 e. The Morgan fingerprint density at radius 3 is 1.47 bits per heavy atom. The van der Waals surface area contributed by atoms with E-state index in [4.69, 9.17) is 18.5 Å². The topological polar surface area (TPSA) is 94.1 Å². The summed E-state index contributed by atoms with van der Waals surface area (Å²) in [7, 11) is 1.32. The van der Waals surface area contributed by atoms with Crippen molar-refractivity contribution in [3.63, 3.8) is 0 Å². The van der Waals surface area contributed by atoms with E-state index in [9.17, 15) is 14.3 Å². The van der Waals surface area contributed by atoms with E-state index >= 15 is 0 Å². The van der Waals surface area contributed by atoms with E-state index in [1.54, 1.807) is 0 Å². The van der Waals surface area contributed by atoms with E-state index in [0.717, 1.165) is 89.9 Å². The van der Waals surface area contributed by atoms with Crippen molar-refractivity contribution in [3.05, 3.63) is 85.1 Å². The Morgan fingerprint density at radius 2 is 0.967 bits per heavy atom. The van der Waals surface area contributed by atoms with E-state index in [2.05, 4.69) is 98.9 Å². The largest absolute Gasteiger partial charge is 0.756 e. The number of unbranched alkanes of at least 4 members (excludes halogenated alkanes) is 15. The zero-order chi connectivity index (χ0) is 44.1. The molecule has 0 aliphatic heterocycles. The highest BCUT2D eigenvalue weighted by Gasteiger charge is 2.20. The van der Waals surface area contributed by atoms with Gasteiger partial charge in [0, 0.05) is 13.0 Å². The highest BCUT2D eigenvalue weighted by atomic mass is 31.2. The lowest BCUT2D eigenvalue weighted by Crippen LogP contribution is -2.37. The first kappa shape index (κ1) is 57.7. The highest BCUT2D eigenvalue weighted by molar-refractivity contribution is 7.45. The maximum atomic E-state index is 12.7. The Balaban J connectivity index is 4.28. The predicted octanol–water partition coefficient (Wildman–Crippen LogP) is 13.8. The van der Waals surface area contributed by atoms with Crippen LogP contribution in [0.4, 0.5) is 0 Å². The Labute approximate surface area is 369 Å². The van der Waals surface area contributed by atoms with Crippen molar-refractivity contribution in [2.24, 2.45) is 0 Å². The minimum atomic E-state index is -4.54. The molecule has 0 aliphatic carbocycles. The molecule has 2 atom stereocenters. The molecule has 0 aromatic carbocycles. The van der Waals surface area contributed by atoms with Gasteiger partial charge in [-0.1, -0.05) is 163 Å². The van der Waals surface area contributed by atoms with Crippen LogP contribution in [0.5, 0.6) is 0 Å². The first-order valence-electron chi connectivity index (χ1n) is 23.8. The molecule has 0 radical (unpaired) electrons. The molecule has 0 aromatic heterocycles. The van der Waals surface area contributed by atoms with Gasteiger partial charge in [-0.25, -0.2) is 0 Å². The van der Waals surface area contributed by atoms with Gasteiger partial charge in [0.15, 0.2) is 0 Å². The molecule has 0 saturated carbocycles. The van der Waals surface area contributed by atoms with Gasteiger partial charge in [0.1, 0.15) is 19.3 Å². The maximum Gasteiger partial charge on any atom is 0.306 e. The molecule has 0 spiro atoms. The fourth-order valence-electron chi connectivity index (χ4n) is 6.01. The molecule has 8 nitrogen and oxygen atoms in total. The first-order chi connectivity index (χ1) is 29.1. The summed E-state index contributed by atoms with van der Waals surface area (Å²) in [5.74, 6) is -0.363. The van der Waals surface area contributed by atoms with Gasteiger partial charge < -0.3 is 27.9 Å². The number of nitrogens with zero attached hydrogens (tertiary/aromatic N) is 1. The fourth-order valence-corrected chi connectivity index (χ4v) is 6.74. The Bertz CT molecular complexity index is 1230. The number of carbonyl (C=O) groups is 1. The lowest BCUT2D eigenvalue weighted by Gasteiger charge is -2.28. The van der Waals surface area contributed by atoms with Crippen molar-refractivity contribution in [1.82, 2.24) is 0 Å². The quantitative estimate of drug-likeness (QED) is 0.0198. The van der Waals surface area contributed by atoms with Crippen LogP contribution < -0.4 is 4.89 Å². The van der Waals surface area contributed by atoms with Crippen molar-refractivity contribution in [2.45, 2.75) is 180 Å². The number of rotatable bonds is 43. The zero-order valence-electron chi connectivity index (χ0n) is 39.1. The van der Waals surface area contributed by atoms with E-state index in [1.165, 1.54) is 64.2 Å². The predicted molar refractivity (Wildman–Crippen MR) is 254 cm³/mol. The molecule has 9 heteroatoms. The van der Waals surface area contributed by atoms with Gasteiger partial charge in [-0.3, -0.25) is 9.36 Å². The first-order valence-corrected chi connectivity index (χ1v) is 25.3. The summed E-state index contributed by atoms with van der Waals surface area (Å²) in [5.41, 5.74) is 0. The normalized spacial score (nSPS) is 14.4. The number of carbonyl (C=O) groups excluding carboxylic acids is 1. The minimum absolute atomic E-state index is 0.0151. The summed E-state index contributed by atoms with van der Waals surface area (Å²) >= 11 is 0. The van der Waals surface area contributed by atoms with E-state index in [0.29, 0.717) is 17.6 Å². The van der Waals surface area contributed by atoms with Gasteiger partial charge in [-0.05, 0) is 89.9 Å². The van der Waals surface area contributed by atoms with Crippen LogP contribution in [0, 0.1) is 0 Å². The van der Waals surface area contributed by atoms with Crippen LogP contribution in [0.15, 0.2) is 85.1 Å². The van der Waals surface area contributed by atoms with Crippen LogP contribution >= 0.6 is 7.82 Å². The molecule has 0 saturated heterocycles. The Hall–Kier alpha value is -2.32. The van der Waals surface area contributed by atoms with Crippen molar-refractivity contribution in [2.75, 3.05) is 54.1 Å². The highest BCUT2D eigenvalue weighted by Crippen LogP contribution is 2.38. The summed E-state index contributed by atoms with van der Waals surface area (Å²) in [6, 6.07) is 0. The SMILES string of the molecule is CC/C=C\C/C=C\C/C=C\C/C=C\C/C=C\C/C=C\CCCCCCC(=O)OC(COCCCCCCCC/C=C\CCCCCCC)COP(=O)([O-])OCC[N+](C)(C)C. The van der Waals surface area contributed by atoms with Crippen molar-refractivity contribution < 1.29 is 37.3 Å². The zero-order valence-corrected chi connectivity index (χ0v) is 40.0. The number of phosphoric ester groups is 1. The molecular weight excluding hydrogens is 770 g/mol. The third-order valence-electron chi connectivity index (χ3n) is 9.68. The molecule has 2 unspecified atom stereocenters. The molecule has 60 heavy (non-hydrogen) atoms. The summed E-state index contributed by atoms with van der Waals surface area (Å²) < 4.78 is 34.6. The van der Waals surface area contributed by atoms with Gasteiger partial charge in [0.25, 0.3) is 7.82 Å². The number of allylic oxidation sites excluding steroid dienone is 14. The third kappa shape index (κ3) is 46.7. The summed E-state index contributed by atoms with van der Waals surface area (Å²) in [6.07, 6.45) is 57.4. The van der Waals surface area contributed by atoms with Crippen LogP contribution in [-0.2, 0) is 27.9 Å². The standard InChI is InChI=1S/C51H90NO7P/c1-6-8-10-12-14-16-18-20-22-23-24-25-26-27-28-29-30-32-34-36-38-40-42-44-51(53)59-50(49-58-60(54,55)57-47-45-52(3,4)5)48-56-46-43-41-39-37-35-33-31-21-19-17-15-13-11-9-7-2/h8,10,14,16,19-22,24-25,27-28,30,32,50H,6-7,9,11-13,15,17-18,23,26,29,31,33-49H2,1-5H3/b10-8-,16-14-,21-19-,22-20-,25-24-,28-27-,32-30-. The summed E-state index contributed by atoms with van der Waals surface area (Å²) in [5, 5.41) is 0. The molecule has 0 N–H and O–H groups in total. The molecule has 0 aromatic rings. The van der Waals surface area contributed by atoms with Gasteiger partial charge in [0.05, 0.1) is 34.4 Å². The van der Waals surface area contributed by atoms with Gasteiger partial charge >= 0.3 is 5.97 Å². The van der Waals surface area contributed by atoms with Crippen LogP contribution in [0.1, 0.15) is 174 Å². The van der Waals surface area contributed by atoms with Gasteiger partial charge in [-0.2, -0.15) is 0 Å². The Morgan fingerprint density at radius 1 is 0.533 bits per heavy atom. The van der Waals surface area contributed by atoms with Crippen LogP contribution in [-0.4, -0.2) is 70.7 Å². The van der Waals surface area contributed by atoms with Crippen LogP contribution in [0.25, 0.3) is 0 Å². The van der Waals surface area contributed by atoms with Gasteiger partial charge in [0.2, 0.25) is 0 Å². The van der Waals surface area contributed by atoms with Crippen molar-refractivity contribution >= 4 is 13.8 Å². The second-order valence-corrected chi connectivity index (χ2v) is 18.1. The molecule has 0 heterocycles. The molecule has 0 bridgehead atoms. The number of phosphoric acid groups is 1. The second kappa shape index (κ2) is 43.3. The fraction of sp³-hybridized carbons (Fsp3) is 0.706. The summed E-state index contributed by atoms with van der Waals surface area (Å²) in [6.45, 7) is 5.22. The molecule has 0 amide bonds. The number of quaternary nitrogens is 1. The third-order valence-corrected chi connectivity index (χ3v) is 10.6. The molecule has 0 rings (SSSR count). The second-order valence-electron chi connectivity index (χ2n) is 16.7. The molecule has 0 aliphatic rings. The van der Waals surface area contributed by atoms with E-state index < -0.39 is 13.9 Å². The summed E-state index contributed by atoms with van der Waals surface area (Å²) in [4.78, 5) is 25.1. The number of ether oxygens (including phenoxy) is 2. The van der Waals surface area contributed by atoms with Crippen LogP contribution in [0.3, 0.4) is 0 Å². The minimum Gasteiger partial charge on any atom is -0.756 e. The molecule has 0 fully saturated rings. The molecule has 346 valence electrons. The molecular formula is C51H90NO7P. The average molecular weight is 860 g/mol. The van der Waals surface area contributed by atoms with Crippen molar-refractivity contribution in [3.8, 4) is 0 Å². The van der Waals surface area contributed by atoms with E-state index in [-0.39, 0.29) is 32.2 Å². The lowest BCUT2D eigenvalue weighted by molar-refractivity contribution is -0.870. The maximum absolute atomic E-state index is 12.7. The number of hydrogen-bond donors (Lipinski definition) is 0. The van der Waals surface area contributed by atoms with Crippen molar-refractivity contribution in [1.29, 1.82) is 0 Å². The lowest BCUT2D eigenvalue weighted by atomic mass is 10.1. The number of likely N-dealkylation sites (N-methyl/N-ethyl adjacent to an activating group) is 1. The van der Waals surface area contributed by atoms with Gasteiger partial charge in [-0.15, -0.1) is 0 Å². The monoisotopic (exact) mass is 860 g/mol. The Kier molecular flexibility index (Phi) is 41.7. The number of esters is 1. The van der Waals surface area contributed by atoms with E-state index in [1.807, 2.05) is 21.1 Å². The van der Waals surface area contributed by atoms with Crippen LogP contribution in [0.2, 0.25) is 0 Å². The average Bonchev–Trinajstić information content (AvgIpc) is 3.20.